The van der Waals surface area contributed by atoms with Gasteiger partial charge < -0.3 is 9.30 Å². The highest BCUT2D eigenvalue weighted by Crippen LogP contribution is 2.34. The molecule has 0 spiro atoms. The Kier molecular flexibility index (Phi) is 6.12. The van der Waals surface area contributed by atoms with Gasteiger partial charge in [0.15, 0.2) is 0 Å². The Balaban J connectivity index is 1.88. The van der Waals surface area contributed by atoms with E-state index in [4.69, 9.17) is 9.72 Å². The van der Waals surface area contributed by atoms with E-state index < -0.39 is 0 Å². The van der Waals surface area contributed by atoms with Crippen molar-refractivity contribution in [1.82, 2.24) is 9.55 Å². The third-order valence-corrected chi connectivity index (χ3v) is 6.12. The first-order valence-electron chi connectivity index (χ1n) is 9.37. The van der Waals surface area contributed by atoms with Crippen molar-refractivity contribution in [3.05, 3.63) is 33.4 Å². The summed E-state index contributed by atoms with van der Waals surface area (Å²) in [6, 6.07) is 4.50. The molecule has 0 radical (unpaired) electrons. The summed E-state index contributed by atoms with van der Waals surface area (Å²) in [6.45, 7) is 4.67. The minimum absolute atomic E-state index is 0.210. The summed E-state index contributed by atoms with van der Waals surface area (Å²) in [6.07, 6.45) is 5.96. The number of methoxy groups -OCH3 is 1. The van der Waals surface area contributed by atoms with E-state index in [-0.39, 0.29) is 5.97 Å². The lowest BCUT2D eigenvalue weighted by atomic mass is 9.91. The van der Waals surface area contributed by atoms with Crippen LogP contribution in [-0.2, 0) is 16.1 Å². The number of hydrogen-bond donors (Lipinski definition) is 0. The van der Waals surface area contributed by atoms with Crippen LogP contribution < -0.4 is 0 Å². The maximum Gasteiger partial charge on any atom is 0.307 e. The highest BCUT2D eigenvalue weighted by Gasteiger charge is 2.18. The molecular weight excluding hydrogens is 358 g/mol. The Morgan fingerprint density at radius 2 is 2.07 bits per heavy atom. The van der Waals surface area contributed by atoms with Crippen LogP contribution in [0.3, 0.4) is 0 Å². The van der Waals surface area contributed by atoms with Gasteiger partial charge in [0, 0.05) is 28.9 Å². The van der Waals surface area contributed by atoms with Crippen LogP contribution in [0, 0.1) is 25.2 Å². The smallest absolute Gasteiger partial charge is 0.307 e. The van der Waals surface area contributed by atoms with E-state index in [0.29, 0.717) is 13.0 Å². The number of carbonyl (C=O) groups is 1. The van der Waals surface area contributed by atoms with Crippen LogP contribution in [0.2, 0.25) is 0 Å². The molecule has 2 aromatic rings. The molecule has 3 rings (SSSR count). The summed E-state index contributed by atoms with van der Waals surface area (Å²) in [5, 5.41) is 12.5. The minimum atomic E-state index is -0.210. The van der Waals surface area contributed by atoms with Gasteiger partial charge in [-0.15, -0.1) is 11.3 Å². The van der Waals surface area contributed by atoms with Crippen molar-refractivity contribution in [1.29, 1.82) is 5.26 Å². The first-order valence-corrected chi connectivity index (χ1v) is 10.2. The second kappa shape index (κ2) is 8.53. The Bertz CT molecular complexity index is 906. The average molecular weight is 384 g/mol. The number of thiazole rings is 1. The van der Waals surface area contributed by atoms with Crippen molar-refractivity contribution in [3.63, 3.8) is 0 Å². The molecule has 1 aliphatic rings. The van der Waals surface area contributed by atoms with Gasteiger partial charge in [0.05, 0.1) is 24.8 Å². The summed E-state index contributed by atoms with van der Waals surface area (Å²) in [5.41, 5.74) is 6.16. The van der Waals surface area contributed by atoms with E-state index in [2.05, 4.69) is 16.7 Å². The molecule has 5 nitrogen and oxygen atoms in total. The Hall–Kier alpha value is -2.39. The average Bonchev–Trinajstić information content (AvgIpc) is 3.26. The Morgan fingerprint density at radius 1 is 1.33 bits per heavy atom. The third-order valence-electron chi connectivity index (χ3n) is 5.26. The summed E-state index contributed by atoms with van der Waals surface area (Å²) >= 11 is 1.54. The molecule has 1 fully saturated rings. The van der Waals surface area contributed by atoms with Crippen LogP contribution in [0.25, 0.3) is 16.8 Å². The fraction of sp³-hybridized carbons (Fsp3) is 0.476. The highest BCUT2D eigenvalue weighted by atomic mass is 32.1. The van der Waals surface area contributed by atoms with Gasteiger partial charge >= 0.3 is 5.97 Å². The van der Waals surface area contributed by atoms with Crippen LogP contribution in [0.5, 0.6) is 0 Å². The maximum absolute atomic E-state index is 11.5. The minimum Gasteiger partial charge on any atom is -0.469 e. The molecule has 142 valence electrons. The standard InChI is InChI=1S/C21H25N3O2S/c1-14-11-17(15(2)24(14)10-9-20(25)26-3)19-13-27-21(23-19)18(12-22)16-7-5-4-6-8-16/h11,13H,4-10H2,1-3H3. The fourth-order valence-corrected chi connectivity index (χ4v) is 4.59. The van der Waals surface area contributed by atoms with Crippen molar-refractivity contribution in [2.45, 2.75) is 58.9 Å². The largest absolute Gasteiger partial charge is 0.469 e. The topological polar surface area (TPSA) is 67.9 Å². The van der Waals surface area contributed by atoms with Crippen molar-refractivity contribution < 1.29 is 9.53 Å². The molecule has 0 amide bonds. The number of aromatic nitrogens is 2. The van der Waals surface area contributed by atoms with Crippen LogP contribution >= 0.6 is 11.3 Å². The van der Waals surface area contributed by atoms with Gasteiger partial charge in [0.2, 0.25) is 0 Å². The van der Waals surface area contributed by atoms with Crippen molar-refractivity contribution in [2.24, 2.45) is 0 Å². The molecule has 6 heteroatoms. The molecule has 2 aromatic heterocycles. The molecule has 0 atom stereocenters. The molecular formula is C21H25N3O2S. The lowest BCUT2D eigenvalue weighted by Gasteiger charge is -2.14. The number of rotatable bonds is 5. The van der Waals surface area contributed by atoms with E-state index in [1.807, 2.05) is 19.2 Å². The van der Waals surface area contributed by atoms with Crippen LogP contribution in [0.15, 0.2) is 17.0 Å². The number of ether oxygens (including phenoxy) is 1. The second-order valence-corrected chi connectivity index (χ2v) is 7.81. The number of hydrogen-bond acceptors (Lipinski definition) is 5. The predicted octanol–water partition coefficient (Wildman–Crippen LogP) is 5.03. The van der Waals surface area contributed by atoms with E-state index >= 15 is 0 Å². The maximum atomic E-state index is 11.5. The molecule has 1 saturated carbocycles. The zero-order chi connectivity index (χ0) is 19.4. The number of esters is 1. The first-order chi connectivity index (χ1) is 13.0. The molecule has 0 bridgehead atoms. The second-order valence-electron chi connectivity index (χ2n) is 6.95. The number of allylic oxidation sites excluding steroid dienone is 2. The number of carbonyl (C=O) groups excluding carboxylic acids is 1. The van der Waals surface area contributed by atoms with Crippen LogP contribution in [0.4, 0.5) is 0 Å². The van der Waals surface area contributed by atoms with E-state index in [0.717, 1.165) is 46.1 Å². The van der Waals surface area contributed by atoms with Crippen molar-refractivity contribution in [3.8, 4) is 17.3 Å². The van der Waals surface area contributed by atoms with Crippen LogP contribution in [-0.4, -0.2) is 22.6 Å². The van der Waals surface area contributed by atoms with E-state index in [1.165, 1.54) is 31.9 Å². The summed E-state index contributed by atoms with van der Waals surface area (Å²) < 4.78 is 6.87. The fourth-order valence-electron chi connectivity index (χ4n) is 3.73. The molecule has 0 unspecified atom stereocenters. The summed E-state index contributed by atoms with van der Waals surface area (Å²) in [7, 11) is 1.41. The van der Waals surface area contributed by atoms with E-state index in [9.17, 15) is 10.1 Å². The van der Waals surface area contributed by atoms with Gasteiger partial charge in [-0.3, -0.25) is 4.79 Å². The van der Waals surface area contributed by atoms with Crippen LogP contribution in [0.1, 0.15) is 54.9 Å². The Morgan fingerprint density at radius 3 is 2.74 bits per heavy atom. The lowest BCUT2D eigenvalue weighted by molar-refractivity contribution is -0.140. The molecule has 0 aliphatic heterocycles. The molecule has 0 saturated heterocycles. The van der Waals surface area contributed by atoms with Gasteiger partial charge in [-0.25, -0.2) is 4.98 Å². The normalized spacial score (nSPS) is 14.1. The summed E-state index contributed by atoms with van der Waals surface area (Å²) in [5.74, 6) is -0.210. The lowest BCUT2D eigenvalue weighted by Crippen LogP contribution is -2.09. The number of aryl methyl sites for hydroxylation is 1. The van der Waals surface area contributed by atoms with Gasteiger partial charge in [-0.05, 0) is 51.2 Å². The van der Waals surface area contributed by atoms with Gasteiger partial charge in [-0.2, -0.15) is 5.26 Å². The first kappa shape index (κ1) is 19.4. The zero-order valence-corrected chi connectivity index (χ0v) is 17.0. The third kappa shape index (κ3) is 4.14. The molecule has 0 aromatic carbocycles. The Labute approximate surface area is 164 Å². The van der Waals surface area contributed by atoms with Gasteiger partial charge in [0.1, 0.15) is 11.1 Å². The monoisotopic (exact) mass is 383 g/mol. The van der Waals surface area contributed by atoms with Gasteiger partial charge in [0.25, 0.3) is 0 Å². The quantitative estimate of drug-likeness (QED) is 0.536. The molecule has 1 aliphatic carbocycles. The molecule has 2 heterocycles. The predicted molar refractivity (Wildman–Crippen MR) is 107 cm³/mol. The molecule has 27 heavy (non-hydrogen) atoms. The summed E-state index contributed by atoms with van der Waals surface area (Å²) in [4.78, 5) is 16.3. The van der Waals surface area contributed by atoms with Crippen molar-refractivity contribution in [2.75, 3.05) is 7.11 Å². The SMILES string of the molecule is COC(=O)CCn1c(C)cc(-c2csc(C(C#N)=C3CCCCC3)n2)c1C. The number of nitriles is 1. The van der Waals surface area contributed by atoms with E-state index in [1.54, 1.807) is 11.3 Å². The zero-order valence-electron chi connectivity index (χ0n) is 16.2. The number of nitrogens with zero attached hydrogens (tertiary/aromatic N) is 3. The van der Waals surface area contributed by atoms with Gasteiger partial charge in [-0.1, -0.05) is 6.42 Å². The van der Waals surface area contributed by atoms with Crippen molar-refractivity contribution >= 4 is 22.9 Å². The molecule has 0 N–H and O–H groups in total. The highest BCUT2D eigenvalue weighted by molar-refractivity contribution is 7.11.